The van der Waals surface area contributed by atoms with Crippen LogP contribution in [0.4, 0.5) is 0 Å². The lowest BCUT2D eigenvalue weighted by Gasteiger charge is -2.16. The molecule has 0 heterocycles. The summed E-state index contributed by atoms with van der Waals surface area (Å²) in [5.41, 5.74) is 0. The number of ketones is 2. The van der Waals surface area contributed by atoms with Gasteiger partial charge in [-0.2, -0.15) is 0 Å². The summed E-state index contributed by atoms with van der Waals surface area (Å²) in [6, 6.07) is 0. The zero-order valence-corrected chi connectivity index (χ0v) is 14.1. The number of aliphatic hydroxyl groups is 1. The number of esters is 1. The second-order valence-corrected chi connectivity index (χ2v) is 6.05. The number of hydrogen-bond donors (Lipinski definition) is 1. The predicted molar refractivity (Wildman–Crippen MR) is 86.8 cm³/mol. The van der Waals surface area contributed by atoms with E-state index in [1.165, 1.54) is 6.08 Å². The molecule has 1 N–H and O–H groups in total. The number of carbonyl (C=O) groups is 3. The van der Waals surface area contributed by atoms with Crippen LogP contribution in [-0.4, -0.2) is 35.4 Å². The summed E-state index contributed by atoms with van der Waals surface area (Å²) in [7, 11) is 0. The van der Waals surface area contributed by atoms with E-state index in [1.807, 2.05) is 0 Å². The summed E-state index contributed by atoms with van der Waals surface area (Å²) in [6.07, 6.45) is 6.40. The molecule has 0 saturated heterocycles. The van der Waals surface area contributed by atoms with Crippen molar-refractivity contribution in [1.29, 1.82) is 0 Å². The largest absolute Gasteiger partial charge is 0.466 e. The zero-order valence-electron chi connectivity index (χ0n) is 14.1. The minimum absolute atomic E-state index is 0.0224. The van der Waals surface area contributed by atoms with E-state index >= 15 is 0 Å². The molecule has 1 aliphatic rings. The summed E-state index contributed by atoms with van der Waals surface area (Å²) in [6.45, 7) is 4.13. The number of Topliss-reactive ketones (excluding diaryl/α,β-unsaturated/α-hetero) is 1. The highest BCUT2D eigenvalue weighted by Crippen LogP contribution is 2.33. The van der Waals surface area contributed by atoms with Gasteiger partial charge < -0.3 is 9.84 Å². The van der Waals surface area contributed by atoms with Gasteiger partial charge >= 0.3 is 5.97 Å². The Balaban J connectivity index is 2.56. The molecule has 0 spiro atoms. The molecule has 0 aromatic rings. The van der Waals surface area contributed by atoms with Crippen molar-refractivity contribution in [3.05, 3.63) is 12.2 Å². The van der Waals surface area contributed by atoms with E-state index < -0.39 is 12.0 Å². The van der Waals surface area contributed by atoms with E-state index in [0.29, 0.717) is 19.4 Å². The normalized spacial score (nSPS) is 24.3. The van der Waals surface area contributed by atoms with Crippen LogP contribution in [0.25, 0.3) is 0 Å². The summed E-state index contributed by atoms with van der Waals surface area (Å²) < 4.78 is 4.87. The molecule has 1 fully saturated rings. The highest BCUT2D eigenvalue weighted by Gasteiger charge is 2.40. The molecule has 23 heavy (non-hydrogen) atoms. The number of carbonyl (C=O) groups excluding carboxylic acids is 3. The molecular formula is C18H28O5. The number of ether oxygens (including phenoxy) is 1. The Labute approximate surface area is 138 Å². The molecule has 1 saturated carbocycles. The van der Waals surface area contributed by atoms with Gasteiger partial charge in [0.15, 0.2) is 5.78 Å². The maximum absolute atomic E-state index is 12.0. The van der Waals surface area contributed by atoms with E-state index in [9.17, 15) is 19.5 Å². The van der Waals surface area contributed by atoms with Gasteiger partial charge in [0.25, 0.3) is 0 Å². The molecule has 5 nitrogen and oxygen atoms in total. The van der Waals surface area contributed by atoms with Crippen molar-refractivity contribution in [2.24, 2.45) is 11.8 Å². The summed E-state index contributed by atoms with van der Waals surface area (Å²) in [5, 5.41) is 10.0. The summed E-state index contributed by atoms with van der Waals surface area (Å²) in [4.78, 5) is 35.2. The highest BCUT2D eigenvalue weighted by molar-refractivity contribution is 5.90. The monoisotopic (exact) mass is 324 g/mol. The van der Waals surface area contributed by atoms with E-state index in [0.717, 1.165) is 19.3 Å². The molecule has 1 rings (SSSR count). The summed E-state index contributed by atoms with van der Waals surface area (Å²) in [5.74, 6) is -1.15. The van der Waals surface area contributed by atoms with Gasteiger partial charge in [0.05, 0.1) is 12.7 Å². The van der Waals surface area contributed by atoms with Crippen molar-refractivity contribution in [2.45, 2.75) is 64.9 Å². The first-order valence-corrected chi connectivity index (χ1v) is 8.57. The number of allylic oxidation sites excluding steroid dienone is 1. The molecule has 3 unspecified atom stereocenters. The first-order valence-electron chi connectivity index (χ1n) is 8.57. The fourth-order valence-corrected chi connectivity index (χ4v) is 2.95. The Hall–Kier alpha value is -1.49. The maximum Gasteiger partial charge on any atom is 0.305 e. The SMILES string of the molecule is CCCCCC(=O)C=CC1C(O)CC(=O)C1CCC(=O)OCC. The quantitative estimate of drug-likeness (QED) is 0.379. The van der Waals surface area contributed by atoms with Crippen molar-refractivity contribution in [3.63, 3.8) is 0 Å². The lowest BCUT2D eigenvalue weighted by molar-refractivity contribution is -0.143. The van der Waals surface area contributed by atoms with Crippen LogP contribution in [-0.2, 0) is 19.1 Å². The van der Waals surface area contributed by atoms with Crippen LogP contribution in [0.1, 0.15) is 58.8 Å². The first-order chi connectivity index (χ1) is 11.0. The fraction of sp³-hybridized carbons (Fsp3) is 0.722. The lowest BCUT2D eigenvalue weighted by Crippen LogP contribution is -2.20. The number of hydrogen-bond acceptors (Lipinski definition) is 5. The van der Waals surface area contributed by atoms with Crippen LogP contribution in [0.15, 0.2) is 12.2 Å². The molecule has 1 aliphatic carbocycles. The molecule has 0 bridgehead atoms. The Morgan fingerprint density at radius 3 is 2.65 bits per heavy atom. The van der Waals surface area contributed by atoms with Gasteiger partial charge in [-0.05, 0) is 25.8 Å². The minimum atomic E-state index is -0.769. The molecule has 0 aliphatic heterocycles. The van der Waals surface area contributed by atoms with Crippen LogP contribution in [0, 0.1) is 11.8 Å². The molecule has 0 aromatic carbocycles. The third-order valence-electron chi connectivity index (χ3n) is 4.23. The van der Waals surface area contributed by atoms with Crippen molar-refractivity contribution >= 4 is 17.5 Å². The standard InChI is InChI=1S/C18H28O5/c1-3-5-6-7-13(19)8-9-14-15(17(21)12-16(14)20)10-11-18(22)23-4-2/h8-9,14-16,20H,3-7,10-12H2,1-2H3. The molecule has 0 radical (unpaired) electrons. The molecule has 0 aromatic heterocycles. The molecule has 130 valence electrons. The fourth-order valence-electron chi connectivity index (χ4n) is 2.95. The number of unbranched alkanes of at least 4 members (excludes halogenated alkanes) is 2. The van der Waals surface area contributed by atoms with Crippen molar-refractivity contribution in [1.82, 2.24) is 0 Å². The van der Waals surface area contributed by atoms with E-state index in [2.05, 4.69) is 6.92 Å². The second-order valence-electron chi connectivity index (χ2n) is 6.05. The molecule has 5 heteroatoms. The minimum Gasteiger partial charge on any atom is -0.466 e. The Morgan fingerprint density at radius 1 is 1.26 bits per heavy atom. The van der Waals surface area contributed by atoms with Gasteiger partial charge in [0.2, 0.25) is 0 Å². The Kier molecular flexibility index (Phi) is 8.77. The predicted octanol–water partition coefficient (Wildman–Crippen LogP) is 2.60. The van der Waals surface area contributed by atoms with Gasteiger partial charge in [0.1, 0.15) is 5.78 Å². The van der Waals surface area contributed by atoms with Gasteiger partial charge in [-0.3, -0.25) is 14.4 Å². The third-order valence-corrected chi connectivity index (χ3v) is 4.23. The van der Waals surface area contributed by atoms with Crippen molar-refractivity contribution in [3.8, 4) is 0 Å². The molecule has 0 amide bonds. The smallest absolute Gasteiger partial charge is 0.305 e. The zero-order chi connectivity index (χ0) is 17.2. The van der Waals surface area contributed by atoms with Crippen LogP contribution in [0.2, 0.25) is 0 Å². The van der Waals surface area contributed by atoms with Gasteiger partial charge in [-0.1, -0.05) is 25.8 Å². The van der Waals surface area contributed by atoms with Crippen molar-refractivity contribution < 1.29 is 24.2 Å². The highest BCUT2D eigenvalue weighted by atomic mass is 16.5. The van der Waals surface area contributed by atoms with E-state index in [4.69, 9.17) is 4.74 Å². The Morgan fingerprint density at radius 2 is 2.00 bits per heavy atom. The molecular weight excluding hydrogens is 296 g/mol. The van der Waals surface area contributed by atoms with E-state index in [1.54, 1.807) is 13.0 Å². The Bertz CT molecular complexity index is 441. The number of rotatable bonds is 10. The average Bonchev–Trinajstić information content (AvgIpc) is 2.77. The van der Waals surface area contributed by atoms with Crippen LogP contribution < -0.4 is 0 Å². The van der Waals surface area contributed by atoms with Gasteiger partial charge in [-0.15, -0.1) is 0 Å². The first kappa shape index (κ1) is 19.6. The topological polar surface area (TPSA) is 80.7 Å². The van der Waals surface area contributed by atoms with Crippen LogP contribution >= 0.6 is 0 Å². The third kappa shape index (κ3) is 6.65. The average molecular weight is 324 g/mol. The van der Waals surface area contributed by atoms with Gasteiger partial charge in [0, 0.05) is 31.1 Å². The van der Waals surface area contributed by atoms with Crippen molar-refractivity contribution in [2.75, 3.05) is 6.61 Å². The maximum atomic E-state index is 12.0. The number of aliphatic hydroxyl groups excluding tert-OH is 1. The lowest BCUT2D eigenvalue weighted by atomic mass is 9.89. The van der Waals surface area contributed by atoms with E-state index in [-0.39, 0.29) is 36.3 Å². The van der Waals surface area contributed by atoms with Crippen LogP contribution in [0.5, 0.6) is 0 Å². The van der Waals surface area contributed by atoms with Crippen LogP contribution in [0.3, 0.4) is 0 Å². The summed E-state index contributed by atoms with van der Waals surface area (Å²) >= 11 is 0. The second kappa shape index (κ2) is 10.3. The van der Waals surface area contributed by atoms with Gasteiger partial charge in [-0.25, -0.2) is 0 Å². The molecule has 3 atom stereocenters.